The van der Waals surface area contributed by atoms with Crippen LogP contribution in [0.3, 0.4) is 0 Å². The minimum absolute atomic E-state index is 0. The maximum atomic E-state index is 8.66. The van der Waals surface area contributed by atoms with Crippen molar-refractivity contribution < 1.29 is 42.6 Å². The van der Waals surface area contributed by atoms with Crippen molar-refractivity contribution in [3.05, 3.63) is 0 Å². The Balaban J connectivity index is -0.0000000267. The fourth-order valence-corrected chi connectivity index (χ4v) is 0.158. The third-order valence-corrected chi connectivity index (χ3v) is 0.512. The van der Waals surface area contributed by atoms with Gasteiger partial charge in [0.2, 0.25) is 0 Å². The average molecular weight is 248 g/mol. The third-order valence-electron chi connectivity index (χ3n) is 0.512. The van der Waals surface area contributed by atoms with Crippen LogP contribution in [0, 0.1) is 0 Å². The average Bonchev–Trinajstić information content (AvgIpc) is 1.63. The van der Waals surface area contributed by atoms with Gasteiger partial charge in [-0.1, -0.05) is 13.3 Å². The van der Waals surface area contributed by atoms with Crippen molar-refractivity contribution in [2.45, 2.75) is 39.4 Å². The standard InChI is InChI=1S/C4H10O.C3H10OSi.2H2O.Ti/c1-2-3-4-5;1-5(2,3)4;;;/h5H,2-4H2,1H3;4H,1-3H3;2*1H2;. The van der Waals surface area contributed by atoms with Gasteiger partial charge < -0.3 is 20.9 Å². The van der Waals surface area contributed by atoms with E-state index in [0.717, 1.165) is 12.8 Å². The Hall–Kier alpha value is 0.771. The van der Waals surface area contributed by atoms with E-state index in [1.165, 1.54) is 0 Å². The van der Waals surface area contributed by atoms with Crippen LogP contribution in [0.1, 0.15) is 19.8 Å². The molecule has 0 aliphatic carbocycles. The van der Waals surface area contributed by atoms with Crippen molar-refractivity contribution in [3.8, 4) is 0 Å². The number of aliphatic hydroxyl groups excluding tert-OH is 1. The summed E-state index contributed by atoms with van der Waals surface area (Å²) in [6.45, 7) is 8.04. The first kappa shape index (κ1) is 29.2. The van der Waals surface area contributed by atoms with E-state index in [4.69, 9.17) is 9.90 Å². The zero-order chi connectivity index (χ0) is 8.62. The van der Waals surface area contributed by atoms with Crippen LogP contribution in [0.4, 0.5) is 0 Å². The third kappa shape index (κ3) is 193. The quantitative estimate of drug-likeness (QED) is 0.668. The molecule has 0 bridgehead atoms. The van der Waals surface area contributed by atoms with Crippen molar-refractivity contribution in [3.63, 3.8) is 0 Å². The second kappa shape index (κ2) is 18.5. The van der Waals surface area contributed by atoms with E-state index in [1.54, 1.807) is 0 Å². The molecule has 0 fully saturated rings. The molecule has 0 unspecified atom stereocenters. The second-order valence-corrected chi connectivity index (χ2v) is 7.59. The number of hydrogen-bond acceptors (Lipinski definition) is 2. The molecule has 0 aliphatic heterocycles. The zero-order valence-electron chi connectivity index (χ0n) is 9.02. The summed E-state index contributed by atoms with van der Waals surface area (Å²) in [4.78, 5) is 8.66. The minimum Gasteiger partial charge on any atom is -0.433 e. The van der Waals surface area contributed by atoms with Gasteiger partial charge in [0, 0.05) is 28.3 Å². The molecule has 0 aromatic rings. The van der Waals surface area contributed by atoms with E-state index in [9.17, 15) is 0 Å². The van der Waals surface area contributed by atoms with E-state index < -0.39 is 8.32 Å². The molecule has 0 atom stereocenters. The first-order chi connectivity index (χ1) is 4.41. The summed E-state index contributed by atoms with van der Waals surface area (Å²) in [6.07, 6.45) is 2.04. The first-order valence-corrected chi connectivity index (χ1v) is 7.19. The Morgan fingerprint density at radius 1 is 1.08 bits per heavy atom. The molecule has 0 spiro atoms. The smallest absolute Gasteiger partial charge is 0.179 e. The van der Waals surface area contributed by atoms with Crippen molar-refractivity contribution >= 4 is 8.32 Å². The number of rotatable bonds is 2. The van der Waals surface area contributed by atoms with Crippen molar-refractivity contribution in [2.24, 2.45) is 0 Å². The SMILES string of the molecule is CCCCO.C[Si](C)(C)O.O.O.[Ti]. The molecule has 4 nitrogen and oxygen atoms in total. The van der Waals surface area contributed by atoms with E-state index in [2.05, 4.69) is 6.92 Å². The first-order valence-electron chi connectivity index (χ1n) is 3.75. The topological polar surface area (TPSA) is 103 Å². The summed E-state index contributed by atoms with van der Waals surface area (Å²) in [5.41, 5.74) is 0. The fraction of sp³-hybridized carbons (Fsp3) is 1.00. The fourth-order valence-electron chi connectivity index (χ4n) is 0.158. The molecule has 0 radical (unpaired) electrons. The summed E-state index contributed by atoms with van der Waals surface area (Å²) in [5, 5.41) is 8.07. The summed E-state index contributed by atoms with van der Waals surface area (Å²) in [5.74, 6) is 0. The van der Waals surface area contributed by atoms with Gasteiger partial charge in [-0.15, -0.1) is 0 Å². The molecule has 6 N–H and O–H groups in total. The van der Waals surface area contributed by atoms with Crippen LogP contribution in [0.5, 0.6) is 0 Å². The molecule has 0 amide bonds. The molecular formula is C7H24O4SiTi. The molecule has 0 saturated heterocycles. The van der Waals surface area contributed by atoms with Crippen LogP contribution < -0.4 is 0 Å². The van der Waals surface area contributed by atoms with Crippen molar-refractivity contribution in [1.29, 1.82) is 0 Å². The van der Waals surface area contributed by atoms with Gasteiger partial charge in [0.1, 0.15) is 0 Å². The van der Waals surface area contributed by atoms with Crippen LogP contribution in [0.25, 0.3) is 0 Å². The van der Waals surface area contributed by atoms with Gasteiger partial charge >= 0.3 is 0 Å². The van der Waals surface area contributed by atoms with Crippen LogP contribution in [-0.4, -0.2) is 35.8 Å². The summed E-state index contributed by atoms with van der Waals surface area (Å²) in [7, 11) is -1.61. The second-order valence-electron chi connectivity index (χ2n) is 3.25. The van der Waals surface area contributed by atoms with Crippen LogP contribution in [-0.2, 0) is 21.7 Å². The van der Waals surface area contributed by atoms with Gasteiger partial charge in [0.05, 0.1) is 0 Å². The van der Waals surface area contributed by atoms with Crippen LogP contribution >= 0.6 is 0 Å². The van der Waals surface area contributed by atoms with Gasteiger partial charge in [-0.25, -0.2) is 0 Å². The molecule has 13 heavy (non-hydrogen) atoms. The van der Waals surface area contributed by atoms with Crippen molar-refractivity contribution in [1.82, 2.24) is 0 Å². The number of unbranched alkanes of at least 4 members (excludes halogenated alkanes) is 1. The molecule has 6 heteroatoms. The Bertz CT molecular complexity index is 60.0. The zero-order valence-corrected chi connectivity index (χ0v) is 11.6. The summed E-state index contributed by atoms with van der Waals surface area (Å²) >= 11 is 0. The molecule has 0 aromatic heterocycles. The number of hydrogen-bond donors (Lipinski definition) is 2. The largest absolute Gasteiger partial charge is 0.433 e. The van der Waals surface area contributed by atoms with Crippen molar-refractivity contribution in [2.75, 3.05) is 6.61 Å². The molecular weight excluding hydrogens is 224 g/mol. The Kier molecular flexibility index (Phi) is 41.6. The number of aliphatic hydroxyl groups is 1. The predicted molar refractivity (Wildman–Crippen MR) is 54.8 cm³/mol. The van der Waals surface area contributed by atoms with Gasteiger partial charge in [-0.3, -0.25) is 0 Å². The van der Waals surface area contributed by atoms with Gasteiger partial charge in [-0.05, 0) is 26.1 Å². The summed E-state index contributed by atoms with van der Waals surface area (Å²) in [6, 6.07) is 0. The molecule has 0 aromatic carbocycles. The molecule has 0 saturated carbocycles. The van der Waals surface area contributed by atoms with E-state index in [-0.39, 0.29) is 32.7 Å². The van der Waals surface area contributed by atoms with E-state index in [1.807, 2.05) is 19.6 Å². The normalized spacial score (nSPS) is 7.85. The van der Waals surface area contributed by atoms with Gasteiger partial charge in [-0.2, -0.15) is 0 Å². The van der Waals surface area contributed by atoms with Gasteiger partial charge in [0.25, 0.3) is 0 Å². The molecule has 0 rings (SSSR count). The summed E-state index contributed by atoms with van der Waals surface area (Å²) < 4.78 is 0. The van der Waals surface area contributed by atoms with E-state index in [0.29, 0.717) is 6.61 Å². The Labute approximate surface area is 97.0 Å². The minimum atomic E-state index is -1.61. The Morgan fingerprint density at radius 2 is 1.31 bits per heavy atom. The monoisotopic (exact) mass is 248 g/mol. The molecule has 0 heterocycles. The maximum Gasteiger partial charge on any atom is 0.179 e. The predicted octanol–water partition coefficient (Wildman–Crippen LogP) is -0.0595. The van der Waals surface area contributed by atoms with Gasteiger partial charge in [0.15, 0.2) is 8.32 Å². The van der Waals surface area contributed by atoms with Crippen LogP contribution in [0.15, 0.2) is 0 Å². The van der Waals surface area contributed by atoms with Crippen LogP contribution in [0.2, 0.25) is 19.6 Å². The Morgan fingerprint density at radius 3 is 1.31 bits per heavy atom. The molecule has 0 aliphatic rings. The van der Waals surface area contributed by atoms with E-state index >= 15 is 0 Å². The molecule has 84 valence electrons. The maximum absolute atomic E-state index is 8.66.